The second-order valence-electron chi connectivity index (χ2n) is 6.77. The summed E-state index contributed by atoms with van der Waals surface area (Å²) in [5.74, 6) is 1.70. The Kier molecular flexibility index (Phi) is 7.33. The predicted molar refractivity (Wildman–Crippen MR) is 106 cm³/mol. The maximum atomic E-state index is 12.3. The minimum absolute atomic E-state index is 0.0381. The number of para-hydroxylation sites is 4. The van der Waals surface area contributed by atoms with Gasteiger partial charge in [0.15, 0.2) is 0 Å². The molecule has 0 radical (unpaired) electrons. The summed E-state index contributed by atoms with van der Waals surface area (Å²) in [5, 5.41) is 6.03. The molecule has 0 spiro atoms. The number of hydrogen-bond donors (Lipinski definition) is 2. The van der Waals surface area contributed by atoms with Crippen LogP contribution in [0.15, 0.2) is 48.5 Å². The van der Waals surface area contributed by atoms with Gasteiger partial charge in [0.2, 0.25) is 5.91 Å². The molecule has 2 aromatic rings. The Labute approximate surface area is 155 Å². The van der Waals surface area contributed by atoms with Gasteiger partial charge in [-0.3, -0.25) is 4.79 Å². The number of amides is 1. The first kappa shape index (κ1) is 19.6. The standard InChI is InChI=1S/C21H28N2O3/c1-15(2)14-25-19-11-7-5-9-17(19)22-13-21(24)23-18-10-6-8-12-20(18)26-16(3)4/h5-12,15-16,22H,13-14H2,1-4H3,(H,23,24). The van der Waals surface area contributed by atoms with E-state index in [9.17, 15) is 4.79 Å². The van der Waals surface area contributed by atoms with Gasteiger partial charge >= 0.3 is 0 Å². The molecule has 26 heavy (non-hydrogen) atoms. The molecular weight excluding hydrogens is 328 g/mol. The van der Waals surface area contributed by atoms with Gasteiger partial charge in [0, 0.05) is 0 Å². The maximum Gasteiger partial charge on any atom is 0.243 e. The smallest absolute Gasteiger partial charge is 0.243 e. The monoisotopic (exact) mass is 356 g/mol. The lowest BCUT2D eigenvalue weighted by Crippen LogP contribution is -2.22. The molecule has 0 saturated heterocycles. The van der Waals surface area contributed by atoms with Crippen LogP contribution in [0.25, 0.3) is 0 Å². The normalized spacial score (nSPS) is 10.7. The van der Waals surface area contributed by atoms with E-state index in [1.54, 1.807) is 0 Å². The summed E-state index contributed by atoms with van der Waals surface area (Å²) in [6.07, 6.45) is 0.0381. The van der Waals surface area contributed by atoms with Gasteiger partial charge in [-0.15, -0.1) is 0 Å². The molecule has 2 aromatic carbocycles. The van der Waals surface area contributed by atoms with Crippen LogP contribution in [0.4, 0.5) is 11.4 Å². The molecule has 0 aliphatic rings. The second kappa shape index (κ2) is 9.70. The number of hydrogen-bond acceptors (Lipinski definition) is 4. The molecule has 5 nitrogen and oxygen atoms in total. The molecule has 0 saturated carbocycles. The summed E-state index contributed by atoms with van der Waals surface area (Å²) in [4.78, 5) is 12.3. The van der Waals surface area contributed by atoms with Crippen LogP contribution in [0, 0.1) is 5.92 Å². The van der Waals surface area contributed by atoms with E-state index >= 15 is 0 Å². The minimum atomic E-state index is -0.150. The average molecular weight is 356 g/mol. The third-order valence-electron chi connectivity index (χ3n) is 3.42. The van der Waals surface area contributed by atoms with Crippen molar-refractivity contribution in [2.45, 2.75) is 33.8 Å². The molecule has 0 atom stereocenters. The molecular formula is C21H28N2O3. The first-order chi connectivity index (χ1) is 12.5. The van der Waals surface area contributed by atoms with E-state index in [0.717, 1.165) is 11.4 Å². The molecule has 5 heteroatoms. The van der Waals surface area contributed by atoms with Crippen molar-refractivity contribution in [1.29, 1.82) is 0 Å². The maximum absolute atomic E-state index is 12.3. The van der Waals surface area contributed by atoms with Crippen molar-refractivity contribution in [3.05, 3.63) is 48.5 Å². The molecule has 0 bridgehead atoms. The van der Waals surface area contributed by atoms with Crippen molar-refractivity contribution in [2.75, 3.05) is 23.8 Å². The Morgan fingerprint density at radius 3 is 2.19 bits per heavy atom. The third kappa shape index (κ3) is 6.31. The first-order valence-electron chi connectivity index (χ1n) is 8.97. The Morgan fingerprint density at radius 2 is 1.54 bits per heavy atom. The minimum Gasteiger partial charge on any atom is -0.491 e. The van der Waals surface area contributed by atoms with Crippen LogP contribution in [0.3, 0.4) is 0 Å². The number of anilines is 2. The van der Waals surface area contributed by atoms with E-state index in [2.05, 4.69) is 24.5 Å². The van der Waals surface area contributed by atoms with Crippen molar-refractivity contribution < 1.29 is 14.3 Å². The van der Waals surface area contributed by atoms with Crippen LogP contribution in [-0.4, -0.2) is 25.2 Å². The number of nitrogens with one attached hydrogen (secondary N) is 2. The van der Waals surface area contributed by atoms with Gasteiger partial charge in [-0.1, -0.05) is 38.1 Å². The van der Waals surface area contributed by atoms with Crippen molar-refractivity contribution in [3.8, 4) is 11.5 Å². The van der Waals surface area contributed by atoms with Gasteiger partial charge in [-0.25, -0.2) is 0 Å². The zero-order valence-electron chi connectivity index (χ0n) is 15.9. The molecule has 0 heterocycles. The molecule has 0 aromatic heterocycles. The Morgan fingerprint density at radius 1 is 0.923 bits per heavy atom. The second-order valence-corrected chi connectivity index (χ2v) is 6.77. The van der Waals surface area contributed by atoms with Crippen LogP contribution in [0.5, 0.6) is 11.5 Å². The highest BCUT2D eigenvalue weighted by molar-refractivity contribution is 5.95. The van der Waals surface area contributed by atoms with Crippen LogP contribution in [0.1, 0.15) is 27.7 Å². The zero-order valence-corrected chi connectivity index (χ0v) is 15.9. The Hall–Kier alpha value is -2.69. The molecule has 140 valence electrons. The highest BCUT2D eigenvalue weighted by Gasteiger charge is 2.10. The average Bonchev–Trinajstić information content (AvgIpc) is 2.60. The Balaban J connectivity index is 1.96. The molecule has 0 fully saturated rings. The first-order valence-corrected chi connectivity index (χ1v) is 8.97. The van der Waals surface area contributed by atoms with E-state index in [0.29, 0.717) is 24.0 Å². The zero-order chi connectivity index (χ0) is 18.9. The fourth-order valence-corrected chi connectivity index (χ4v) is 2.29. The molecule has 0 unspecified atom stereocenters. The fraction of sp³-hybridized carbons (Fsp3) is 0.381. The van der Waals surface area contributed by atoms with Gasteiger partial charge in [0.05, 0.1) is 30.6 Å². The highest BCUT2D eigenvalue weighted by Crippen LogP contribution is 2.26. The molecule has 2 rings (SSSR count). The topological polar surface area (TPSA) is 59.6 Å². The molecule has 1 amide bonds. The quantitative estimate of drug-likeness (QED) is 0.691. The van der Waals surface area contributed by atoms with Gasteiger partial charge in [-0.2, -0.15) is 0 Å². The number of carbonyl (C=O) groups excluding carboxylic acids is 1. The third-order valence-corrected chi connectivity index (χ3v) is 3.42. The predicted octanol–water partition coefficient (Wildman–Crippen LogP) is 4.56. The van der Waals surface area contributed by atoms with E-state index in [1.165, 1.54) is 0 Å². The summed E-state index contributed by atoms with van der Waals surface area (Å²) in [6, 6.07) is 15.1. The van der Waals surface area contributed by atoms with Gasteiger partial charge in [0.1, 0.15) is 11.5 Å². The van der Waals surface area contributed by atoms with Gasteiger partial charge in [0.25, 0.3) is 0 Å². The summed E-state index contributed by atoms with van der Waals surface area (Å²) >= 11 is 0. The van der Waals surface area contributed by atoms with Crippen molar-refractivity contribution in [1.82, 2.24) is 0 Å². The molecule has 2 N–H and O–H groups in total. The summed E-state index contributed by atoms with van der Waals surface area (Å²) in [5.41, 5.74) is 1.47. The summed E-state index contributed by atoms with van der Waals surface area (Å²) in [7, 11) is 0. The summed E-state index contributed by atoms with van der Waals surface area (Å²) in [6.45, 7) is 8.87. The van der Waals surface area contributed by atoms with E-state index in [4.69, 9.17) is 9.47 Å². The lowest BCUT2D eigenvalue weighted by Gasteiger charge is -2.16. The summed E-state index contributed by atoms with van der Waals surface area (Å²) < 4.78 is 11.5. The van der Waals surface area contributed by atoms with Crippen molar-refractivity contribution >= 4 is 17.3 Å². The van der Waals surface area contributed by atoms with Crippen LogP contribution < -0.4 is 20.1 Å². The van der Waals surface area contributed by atoms with Crippen molar-refractivity contribution in [2.24, 2.45) is 5.92 Å². The van der Waals surface area contributed by atoms with Crippen LogP contribution >= 0.6 is 0 Å². The largest absolute Gasteiger partial charge is 0.491 e. The number of rotatable bonds is 9. The van der Waals surface area contributed by atoms with Crippen LogP contribution in [-0.2, 0) is 4.79 Å². The highest BCUT2D eigenvalue weighted by atomic mass is 16.5. The van der Waals surface area contributed by atoms with E-state index < -0.39 is 0 Å². The fourth-order valence-electron chi connectivity index (χ4n) is 2.29. The number of ether oxygens (including phenoxy) is 2. The van der Waals surface area contributed by atoms with E-state index in [-0.39, 0.29) is 18.6 Å². The van der Waals surface area contributed by atoms with E-state index in [1.807, 2.05) is 62.4 Å². The molecule has 0 aliphatic heterocycles. The number of benzene rings is 2. The van der Waals surface area contributed by atoms with Gasteiger partial charge < -0.3 is 20.1 Å². The SMILES string of the molecule is CC(C)COc1ccccc1NCC(=O)Nc1ccccc1OC(C)C. The molecule has 0 aliphatic carbocycles. The lowest BCUT2D eigenvalue weighted by molar-refractivity contribution is -0.114. The number of carbonyl (C=O) groups is 1. The van der Waals surface area contributed by atoms with Crippen LogP contribution in [0.2, 0.25) is 0 Å². The van der Waals surface area contributed by atoms with Gasteiger partial charge in [-0.05, 0) is 44.0 Å². The Bertz CT molecular complexity index is 714. The lowest BCUT2D eigenvalue weighted by atomic mass is 10.2. The van der Waals surface area contributed by atoms with Crippen molar-refractivity contribution in [3.63, 3.8) is 0 Å².